The Kier molecular flexibility index (Phi) is 4.73. The Balaban J connectivity index is 2.54. The minimum atomic E-state index is -1.15. The molecule has 1 atom stereocenters. The van der Waals surface area contributed by atoms with Crippen LogP contribution in [0.5, 0.6) is 0 Å². The monoisotopic (exact) mass is 234 g/mol. The fourth-order valence-electron chi connectivity index (χ4n) is 1.42. The van der Waals surface area contributed by atoms with E-state index in [0.29, 0.717) is 26.4 Å². The molecule has 1 saturated heterocycles. The Morgan fingerprint density at radius 1 is 1.80 bits per heavy atom. The summed E-state index contributed by atoms with van der Waals surface area (Å²) in [5.41, 5.74) is 0. The number of hydrogen-bond donors (Lipinski definition) is 2. The number of nitrogens with one attached hydrogen (secondary N) is 1. The van der Waals surface area contributed by atoms with Gasteiger partial charge in [-0.25, -0.2) is 4.79 Å². The number of rotatable bonds is 2. The molecule has 1 aliphatic rings. The Bertz CT molecular complexity index is 247. The van der Waals surface area contributed by atoms with Crippen molar-refractivity contribution in [2.75, 3.05) is 33.5 Å². The van der Waals surface area contributed by atoms with Gasteiger partial charge in [0.25, 0.3) is 0 Å². The molecule has 0 saturated carbocycles. The molecular weight excluding hydrogens is 220 g/mol. The molecule has 1 heterocycles. The van der Waals surface area contributed by atoms with Crippen molar-refractivity contribution in [3.8, 4) is 0 Å². The summed E-state index contributed by atoms with van der Waals surface area (Å²) in [6, 6.07) is -0.0249. The molecule has 0 bridgehead atoms. The zero-order valence-corrected chi connectivity index (χ0v) is 9.25. The number of thiocarbonyl (C=S) groups is 1. The van der Waals surface area contributed by atoms with Crippen molar-refractivity contribution in [3.63, 3.8) is 0 Å². The first-order chi connectivity index (χ1) is 7.15. The van der Waals surface area contributed by atoms with Crippen molar-refractivity contribution in [2.45, 2.75) is 6.04 Å². The highest BCUT2D eigenvalue weighted by molar-refractivity contribution is 7.80. The van der Waals surface area contributed by atoms with Crippen molar-refractivity contribution < 1.29 is 19.4 Å². The highest BCUT2D eigenvalue weighted by Crippen LogP contribution is 2.07. The van der Waals surface area contributed by atoms with E-state index in [0.717, 1.165) is 0 Å². The average Bonchev–Trinajstić information content (AvgIpc) is 2.18. The zero-order valence-electron chi connectivity index (χ0n) is 8.43. The zero-order chi connectivity index (χ0) is 11.3. The van der Waals surface area contributed by atoms with Crippen LogP contribution >= 0.6 is 12.2 Å². The van der Waals surface area contributed by atoms with Gasteiger partial charge in [-0.1, -0.05) is 0 Å². The van der Waals surface area contributed by atoms with Crippen LogP contribution in [0.2, 0.25) is 0 Å². The maximum absolute atomic E-state index is 10.4. The first-order valence-electron chi connectivity index (χ1n) is 4.52. The molecule has 0 aromatic carbocycles. The van der Waals surface area contributed by atoms with Gasteiger partial charge in [-0.15, -0.1) is 0 Å². The summed E-state index contributed by atoms with van der Waals surface area (Å²) < 4.78 is 10.3. The number of hydrogen-bond acceptors (Lipinski definition) is 4. The van der Waals surface area contributed by atoms with Crippen LogP contribution in [0.25, 0.3) is 0 Å². The number of carboxylic acid groups (broad SMARTS) is 1. The number of methoxy groups -OCH3 is 1. The molecule has 6 nitrogen and oxygen atoms in total. The molecule has 0 aromatic heterocycles. The molecule has 1 fully saturated rings. The summed E-state index contributed by atoms with van der Waals surface area (Å²) in [4.78, 5) is 12.2. The third-order valence-electron chi connectivity index (χ3n) is 2.06. The highest BCUT2D eigenvalue weighted by Gasteiger charge is 2.25. The number of amides is 1. The largest absolute Gasteiger partial charge is 0.465 e. The molecule has 86 valence electrons. The maximum Gasteiger partial charge on any atom is 0.410 e. The third kappa shape index (κ3) is 3.61. The third-order valence-corrected chi connectivity index (χ3v) is 2.40. The molecular formula is C8H14N2O4S. The SMILES string of the molecule is COCC1COCCN1C(=S)NC(=O)O. The van der Waals surface area contributed by atoms with E-state index in [1.807, 2.05) is 0 Å². The van der Waals surface area contributed by atoms with Gasteiger partial charge in [-0.05, 0) is 12.2 Å². The Morgan fingerprint density at radius 2 is 2.53 bits per heavy atom. The Morgan fingerprint density at radius 3 is 3.13 bits per heavy atom. The minimum Gasteiger partial charge on any atom is -0.465 e. The van der Waals surface area contributed by atoms with E-state index in [4.69, 9.17) is 26.8 Å². The second-order valence-electron chi connectivity index (χ2n) is 3.11. The second kappa shape index (κ2) is 5.84. The van der Waals surface area contributed by atoms with E-state index in [-0.39, 0.29) is 11.2 Å². The second-order valence-corrected chi connectivity index (χ2v) is 3.50. The predicted molar refractivity (Wildman–Crippen MR) is 56.9 cm³/mol. The summed E-state index contributed by atoms with van der Waals surface area (Å²) in [6.07, 6.45) is -1.15. The molecule has 0 spiro atoms. The van der Waals surface area contributed by atoms with Crippen molar-refractivity contribution in [1.29, 1.82) is 0 Å². The molecule has 1 rings (SSSR count). The average molecular weight is 234 g/mol. The Labute approximate surface area is 93.1 Å². The van der Waals surface area contributed by atoms with Crippen LogP contribution in [0.15, 0.2) is 0 Å². The van der Waals surface area contributed by atoms with E-state index < -0.39 is 6.09 Å². The van der Waals surface area contributed by atoms with Crippen LogP contribution in [-0.4, -0.2) is 60.7 Å². The molecule has 15 heavy (non-hydrogen) atoms. The van der Waals surface area contributed by atoms with E-state index >= 15 is 0 Å². The fraction of sp³-hybridized carbons (Fsp3) is 0.750. The molecule has 2 N–H and O–H groups in total. The lowest BCUT2D eigenvalue weighted by molar-refractivity contribution is -0.00469. The lowest BCUT2D eigenvalue weighted by Gasteiger charge is -2.36. The van der Waals surface area contributed by atoms with Gasteiger partial charge in [0, 0.05) is 13.7 Å². The highest BCUT2D eigenvalue weighted by atomic mass is 32.1. The number of ether oxygens (including phenoxy) is 2. The van der Waals surface area contributed by atoms with Gasteiger partial charge < -0.3 is 19.5 Å². The van der Waals surface area contributed by atoms with Gasteiger partial charge >= 0.3 is 6.09 Å². The van der Waals surface area contributed by atoms with Gasteiger partial charge in [0.2, 0.25) is 0 Å². The van der Waals surface area contributed by atoms with E-state index in [9.17, 15) is 4.79 Å². The lowest BCUT2D eigenvalue weighted by Crippen LogP contribution is -2.54. The van der Waals surface area contributed by atoms with Crippen LogP contribution in [-0.2, 0) is 9.47 Å². The summed E-state index contributed by atoms with van der Waals surface area (Å²) in [5.74, 6) is 0. The van der Waals surface area contributed by atoms with Gasteiger partial charge in [0.05, 0.1) is 25.9 Å². The van der Waals surface area contributed by atoms with Crippen LogP contribution < -0.4 is 5.32 Å². The van der Waals surface area contributed by atoms with Gasteiger partial charge in [0.15, 0.2) is 5.11 Å². The number of nitrogens with zero attached hydrogens (tertiary/aromatic N) is 1. The number of carbonyl (C=O) groups is 1. The standard InChI is InChI=1S/C8H14N2O4S/c1-13-4-6-5-14-3-2-10(6)7(15)9-8(11)12/h6H,2-5H2,1H3,(H,9,15)(H,11,12). The van der Waals surface area contributed by atoms with Gasteiger partial charge in [0.1, 0.15) is 0 Å². The van der Waals surface area contributed by atoms with Crippen LogP contribution in [0.4, 0.5) is 4.79 Å². The Hall–Kier alpha value is -0.920. The van der Waals surface area contributed by atoms with Crippen LogP contribution in [0.1, 0.15) is 0 Å². The smallest absolute Gasteiger partial charge is 0.410 e. The van der Waals surface area contributed by atoms with E-state index in [1.54, 1.807) is 12.0 Å². The summed E-state index contributed by atoms with van der Waals surface area (Å²) >= 11 is 4.96. The van der Waals surface area contributed by atoms with E-state index in [2.05, 4.69) is 5.32 Å². The first-order valence-corrected chi connectivity index (χ1v) is 4.93. The molecule has 0 aromatic rings. The molecule has 1 amide bonds. The maximum atomic E-state index is 10.4. The van der Waals surface area contributed by atoms with Crippen molar-refractivity contribution in [2.24, 2.45) is 0 Å². The predicted octanol–water partition coefficient (Wildman–Crippen LogP) is -0.114. The number of morpholine rings is 1. The van der Waals surface area contributed by atoms with Crippen LogP contribution in [0.3, 0.4) is 0 Å². The van der Waals surface area contributed by atoms with E-state index in [1.165, 1.54) is 0 Å². The summed E-state index contributed by atoms with van der Waals surface area (Å²) in [5, 5.41) is 10.9. The molecule has 7 heteroatoms. The lowest BCUT2D eigenvalue weighted by atomic mass is 10.2. The van der Waals surface area contributed by atoms with Crippen molar-refractivity contribution in [1.82, 2.24) is 10.2 Å². The van der Waals surface area contributed by atoms with Crippen molar-refractivity contribution >= 4 is 23.4 Å². The molecule has 1 unspecified atom stereocenters. The summed E-state index contributed by atoms with van der Waals surface area (Å²) in [7, 11) is 1.58. The quantitative estimate of drug-likeness (QED) is 0.649. The minimum absolute atomic E-state index is 0.0249. The van der Waals surface area contributed by atoms with Crippen LogP contribution in [0, 0.1) is 0 Å². The first kappa shape index (κ1) is 12.2. The summed E-state index contributed by atoms with van der Waals surface area (Å²) in [6.45, 7) is 2.07. The molecule has 1 aliphatic heterocycles. The molecule has 0 radical (unpaired) electrons. The molecule has 0 aliphatic carbocycles. The van der Waals surface area contributed by atoms with Gasteiger partial charge in [-0.2, -0.15) is 0 Å². The van der Waals surface area contributed by atoms with Crippen molar-refractivity contribution in [3.05, 3.63) is 0 Å². The topological polar surface area (TPSA) is 71.0 Å². The normalized spacial score (nSPS) is 21.1. The fourth-order valence-corrected chi connectivity index (χ4v) is 1.74. The van der Waals surface area contributed by atoms with Gasteiger partial charge in [-0.3, -0.25) is 5.32 Å².